The summed E-state index contributed by atoms with van der Waals surface area (Å²) >= 11 is 0. The molecule has 4 aromatic carbocycles. The van der Waals surface area contributed by atoms with Gasteiger partial charge in [-0.2, -0.15) is 0 Å². The minimum atomic E-state index is -1.05. The smallest absolute Gasteiger partial charge is 0.410 e. The van der Waals surface area contributed by atoms with Crippen LogP contribution in [0.15, 0.2) is 97.1 Å². The predicted octanol–water partition coefficient (Wildman–Crippen LogP) is 7.14. The maximum atomic E-state index is 13.4. The summed E-state index contributed by atoms with van der Waals surface area (Å²) in [5.41, 5.74) is 8.28. The third kappa shape index (κ3) is 6.78. The molecule has 0 saturated carbocycles. The lowest BCUT2D eigenvalue weighted by molar-refractivity contribution is -0.141. The van der Waals surface area contributed by atoms with Gasteiger partial charge in [-0.15, -0.1) is 0 Å². The summed E-state index contributed by atoms with van der Waals surface area (Å²) in [5.74, 6) is -1.35. The van der Waals surface area contributed by atoms with Gasteiger partial charge in [-0.25, -0.2) is 9.59 Å². The Balaban J connectivity index is 1.18. The lowest BCUT2D eigenvalue weighted by Gasteiger charge is -2.32. The Kier molecular flexibility index (Phi) is 10.5. The van der Waals surface area contributed by atoms with Gasteiger partial charge in [0.1, 0.15) is 0 Å². The quantitative estimate of drug-likeness (QED) is 0.160. The Morgan fingerprint density at radius 2 is 0.880 bits per heavy atom. The van der Waals surface area contributed by atoms with Crippen LogP contribution < -0.4 is 0 Å². The van der Waals surface area contributed by atoms with E-state index < -0.39 is 18.2 Å². The standard InChI is InChI=1S/C40H41N3O7/c1-49-39(47)42(37-31-17-7-3-13-27(31)28-14-4-8-18-32(28)37)25-11-23-41(35(44)21-22-36(45)46)24-12-26-43(40(48)50-2)38-33-19-9-5-15-29(33)30-16-6-10-20-34(30)38/h3-10,13-20,37-38H,11-12,21-26H2,1-2H3,(H,45,46). The number of methoxy groups -OCH3 is 2. The van der Waals surface area contributed by atoms with Crippen molar-refractivity contribution >= 4 is 24.1 Å². The van der Waals surface area contributed by atoms with Crippen molar-refractivity contribution in [2.75, 3.05) is 40.4 Å². The molecule has 0 fully saturated rings. The molecular weight excluding hydrogens is 634 g/mol. The van der Waals surface area contributed by atoms with E-state index in [0.29, 0.717) is 25.9 Å². The summed E-state index contributed by atoms with van der Waals surface area (Å²) in [7, 11) is 2.72. The van der Waals surface area contributed by atoms with Crippen LogP contribution in [0.1, 0.15) is 60.0 Å². The SMILES string of the molecule is COC(=O)N(CCCN(CCCN(C(=O)OC)C1c2ccccc2-c2ccccc21)C(=O)CCC(=O)O)C1c2ccccc2-c2ccccc21. The van der Waals surface area contributed by atoms with Crippen LogP contribution in [0, 0.1) is 0 Å². The first-order chi connectivity index (χ1) is 24.3. The van der Waals surface area contributed by atoms with Crippen LogP contribution in [0.25, 0.3) is 22.3 Å². The fourth-order valence-corrected chi connectivity index (χ4v) is 7.41. The molecule has 258 valence electrons. The minimum Gasteiger partial charge on any atom is -0.481 e. The molecule has 0 aromatic heterocycles. The molecule has 6 rings (SSSR count). The fourth-order valence-electron chi connectivity index (χ4n) is 7.41. The van der Waals surface area contributed by atoms with Crippen LogP contribution in [-0.2, 0) is 19.1 Å². The van der Waals surface area contributed by atoms with E-state index in [-0.39, 0.29) is 43.9 Å². The number of fused-ring (bicyclic) bond motifs is 6. The molecule has 10 heteroatoms. The van der Waals surface area contributed by atoms with Crippen LogP contribution in [-0.4, -0.2) is 84.3 Å². The van der Waals surface area contributed by atoms with E-state index in [2.05, 4.69) is 0 Å². The van der Waals surface area contributed by atoms with Crippen LogP contribution in [0.4, 0.5) is 9.59 Å². The third-order valence-corrected chi connectivity index (χ3v) is 9.60. The number of ether oxygens (including phenoxy) is 2. The van der Waals surface area contributed by atoms with E-state index in [1.165, 1.54) is 14.2 Å². The average Bonchev–Trinajstić information content (AvgIpc) is 3.65. The molecule has 0 unspecified atom stereocenters. The van der Waals surface area contributed by atoms with Gasteiger partial charge in [0.25, 0.3) is 0 Å². The molecule has 0 saturated heterocycles. The van der Waals surface area contributed by atoms with Crippen LogP contribution in [0.3, 0.4) is 0 Å². The zero-order valence-corrected chi connectivity index (χ0v) is 28.3. The van der Waals surface area contributed by atoms with E-state index in [9.17, 15) is 24.3 Å². The third-order valence-electron chi connectivity index (χ3n) is 9.60. The second-order valence-corrected chi connectivity index (χ2v) is 12.5. The highest BCUT2D eigenvalue weighted by Crippen LogP contribution is 2.47. The summed E-state index contributed by atoms with van der Waals surface area (Å²) in [6.45, 7) is 1.17. The summed E-state index contributed by atoms with van der Waals surface area (Å²) in [5, 5.41) is 9.29. The van der Waals surface area contributed by atoms with Gasteiger partial charge in [-0.1, -0.05) is 97.1 Å². The summed E-state index contributed by atoms with van der Waals surface area (Å²) in [6, 6.07) is 31.3. The Morgan fingerprint density at radius 3 is 1.20 bits per heavy atom. The molecule has 10 nitrogen and oxygen atoms in total. The Hall–Kier alpha value is -5.64. The first-order valence-corrected chi connectivity index (χ1v) is 16.9. The number of carboxylic acids is 1. The molecule has 0 spiro atoms. The summed E-state index contributed by atoms with van der Waals surface area (Å²) in [6.07, 6.45) is -0.531. The number of rotatable bonds is 13. The van der Waals surface area contributed by atoms with Gasteiger partial charge in [0.15, 0.2) is 0 Å². The number of nitrogens with zero attached hydrogens (tertiary/aromatic N) is 3. The van der Waals surface area contributed by atoms with Gasteiger partial charge < -0.3 is 19.5 Å². The first kappa shape index (κ1) is 34.2. The van der Waals surface area contributed by atoms with Gasteiger partial charge in [0.2, 0.25) is 5.91 Å². The van der Waals surface area contributed by atoms with E-state index in [0.717, 1.165) is 44.5 Å². The maximum Gasteiger partial charge on any atom is 0.410 e. The largest absolute Gasteiger partial charge is 0.481 e. The monoisotopic (exact) mass is 675 g/mol. The fraction of sp³-hybridized carbons (Fsp3) is 0.300. The lowest BCUT2D eigenvalue weighted by Crippen LogP contribution is -2.40. The Bertz CT molecular complexity index is 1680. The molecule has 3 amide bonds. The normalized spacial score (nSPS) is 12.7. The van der Waals surface area contributed by atoms with Crippen molar-refractivity contribution < 1.29 is 33.8 Å². The number of carboxylic acid groups (broad SMARTS) is 1. The van der Waals surface area contributed by atoms with Crippen LogP contribution in [0.2, 0.25) is 0 Å². The molecule has 50 heavy (non-hydrogen) atoms. The van der Waals surface area contributed by atoms with Crippen molar-refractivity contribution in [1.82, 2.24) is 14.7 Å². The molecule has 0 radical (unpaired) electrons. The van der Waals surface area contributed by atoms with E-state index in [1.807, 2.05) is 97.1 Å². The summed E-state index contributed by atoms with van der Waals surface area (Å²) < 4.78 is 10.5. The van der Waals surface area contributed by atoms with Crippen molar-refractivity contribution in [2.45, 2.75) is 37.8 Å². The number of hydrogen-bond donors (Lipinski definition) is 1. The number of hydrogen-bond acceptors (Lipinski definition) is 6. The first-order valence-electron chi connectivity index (χ1n) is 16.9. The topological polar surface area (TPSA) is 117 Å². The van der Waals surface area contributed by atoms with Crippen molar-refractivity contribution in [3.63, 3.8) is 0 Å². The number of amides is 3. The number of benzene rings is 4. The van der Waals surface area contributed by atoms with Gasteiger partial charge in [-0.05, 0) is 57.3 Å². The predicted molar refractivity (Wildman–Crippen MR) is 188 cm³/mol. The van der Waals surface area contributed by atoms with Crippen molar-refractivity contribution in [3.8, 4) is 22.3 Å². The average molecular weight is 676 g/mol. The van der Waals surface area contributed by atoms with Crippen molar-refractivity contribution in [3.05, 3.63) is 119 Å². The number of carbonyl (C=O) groups is 4. The molecule has 0 heterocycles. The van der Waals surface area contributed by atoms with Crippen LogP contribution in [0.5, 0.6) is 0 Å². The van der Waals surface area contributed by atoms with E-state index >= 15 is 0 Å². The van der Waals surface area contributed by atoms with Gasteiger partial charge >= 0.3 is 18.2 Å². The summed E-state index contributed by atoms with van der Waals surface area (Å²) in [4.78, 5) is 56.3. The second kappa shape index (κ2) is 15.3. The molecule has 2 aliphatic rings. The zero-order chi connectivity index (χ0) is 35.2. The zero-order valence-electron chi connectivity index (χ0n) is 28.3. The van der Waals surface area contributed by atoms with Crippen molar-refractivity contribution in [2.24, 2.45) is 0 Å². The van der Waals surface area contributed by atoms with Crippen molar-refractivity contribution in [1.29, 1.82) is 0 Å². The second-order valence-electron chi connectivity index (χ2n) is 12.5. The Labute approximate surface area is 291 Å². The highest BCUT2D eigenvalue weighted by molar-refractivity contribution is 5.83. The number of carbonyl (C=O) groups excluding carboxylic acids is 3. The van der Waals surface area contributed by atoms with Crippen LogP contribution >= 0.6 is 0 Å². The van der Waals surface area contributed by atoms with Gasteiger partial charge in [0.05, 0.1) is 32.7 Å². The minimum absolute atomic E-state index is 0.149. The lowest BCUT2D eigenvalue weighted by atomic mass is 10.0. The highest BCUT2D eigenvalue weighted by atomic mass is 16.5. The van der Waals surface area contributed by atoms with E-state index in [1.54, 1.807) is 14.7 Å². The van der Waals surface area contributed by atoms with Gasteiger partial charge in [-0.3, -0.25) is 19.4 Å². The molecule has 0 bridgehead atoms. The van der Waals surface area contributed by atoms with E-state index in [4.69, 9.17) is 9.47 Å². The molecule has 0 atom stereocenters. The Morgan fingerprint density at radius 1 is 0.540 bits per heavy atom. The molecular formula is C40H41N3O7. The highest BCUT2D eigenvalue weighted by Gasteiger charge is 2.37. The molecule has 2 aliphatic carbocycles. The van der Waals surface area contributed by atoms with Gasteiger partial charge in [0, 0.05) is 32.6 Å². The number of aliphatic carboxylic acids is 1. The molecule has 1 N–H and O–H groups in total. The molecule has 0 aliphatic heterocycles. The molecule has 4 aromatic rings. The maximum absolute atomic E-state index is 13.4.